The van der Waals surface area contributed by atoms with Gasteiger partial charge in [-0.15, -0.1) is 0 Å². The highest BCUT2D eigenvalue weighted by molar-refractivity contribution is 6.32. The first-order chi connectivity index (χ1) is 12.2. The van der Waals surface area contributed by atoms with Crippen molar-refractivity contribution in [3.05, 3.63) is 40.7 Å². The maximum atomic E-state index is 14.3. The first-order valence-electron chi connectivity index (χ1n) is 7.72. The van der Waals surface area contributed by atoms with Gasteiger partial charge in [-0.2, -0.15) is 13.2 Å². The Bertz CT molecular complexity index is 845. The SMILES string of the molecule is O=C(O)c1ncn(-c2cc(OC3CCCC3)c(Cl)cc2F)c1C(F)(F)F. The Morgan fingerprint density at radius 1 is 1.31 bits per heavy atom. The van der Waals surface area contributed by atoms with E-state index in [2.05, 4.69) is 4.98 Å². The van der Waals surface area contributed by atoms with Gasteiger partial charge in [-0.05, 0) is 31.7 Å². The summed E-state index contributed by atoms with van der Waals surface area (Å²) in [7, 11) is 0. The zero-order chi connectivity index (χ0) is 19.1. The van der Waals surface area contributed by atoms with Gasteiger partial charge in [0.2, 0.25) is 0 Å². The molecule has 0 amide bonds. The van der Waals surface area contributed by atoms with Crippen LogP contribution < -0.4 is 4.74 Å². The lowest BCUT2D eigenvalue weighted by atomic mass is 10.2. The predicted molar refractivity (Wildman–Crippen MR) is 83.4 cm³/mol. The second-order valence-electron chi connectivity index (χ2n) is 5.87. The number of hydrogen-bond donors (Lipinski definition) is 1. The minimum absolute atomic E-state index is 0.0358. The van der Waals surface area contributed by atoms with Crippen LogP contribution in [0.2, 0.25) is 5.02 Å². The Morgan fingerprint density at radius 2 is 1.96 bits per heavy atom. The van der Waals surface area contributed by atoms with Gasteiger partial charge in [-0.25, -0.2) is 14.2 Å². The molecule has 26 heavy (non-hydrogen) atoms. The number of carbonyl (C=O) groups is 1. The van der Waals surface area contributed by atoms with Crippen molar-refractivity contribution in [2.24, 2.45) is 0 Å². The average Bonchev–Trinajstić information content (AvgIpc) is 3.18. The molecule has 1 aliphatic rings. The molecule has 1 aromatic carbocycles. The molecule has 0 bridgehead atoms. The normalized spacial score (nSPS) is 15.4. The van der Waals surface area contributed by atoms with E-state index in [-0.39, 0.29) is 16.9 Å². The number of alkyl halides is 3. The van der Waals surface area contributed by atoms with Crippen LogP contribution in [0.15, 0.2) is 18.5 Å². The van der Waals surface area contributed by atoms with E-state index < -0.39 is 35.0 Å². The van der Waals surface area contributed by atoms with Gasteiger partial charge in [0, 0.05) is 6.07 Å². The maximum Gasteiger partial charge on any atom is 0.434 e. The van der Waals surface area contributed by atoms with Crippen LogP contribution in [0.25, 0.3) is 5.69 Å². The van der Waals surface area contributed by atoms with E-state index in [9.17, 15) is 22.4 Å². The third kappa shape index (κ3) is 3.48. The van der Waals surface area contributed by atoms with Gasteiger partial charge in [0.15, 0.2) is 11.4 Å². The average molecular weight is 393 g/mol. The Balaban J connectivity index is 2.10. The first kappa shape index (κ1) is 18.5. The standard InChI is InChI=1S/C16H13ClF4N2O3/c17-9-5-10(18)11(6-12(9)26-8-3-1-2-4-8)23-7-22-13(15(24)25)14(23)16(19,20)21/h5-8H,1-4H2,(H,24,25). The van der Waals surface area contributed by atoms with Gasteiger partial charge in [0.25, 0.3) is 0 Å². The molecule has 10 heteroatoms. The molecule has 1 saturated carbocycles. The van der Waals surface area contributed by atoms with Crippen molar-refractivity contribution in [2.45, 2.75) is 38.0 Å². The van der Waals surface area contributed by atoms with E-state index in [1.54, 1.807) is 0 Å². The molecule has 2 aromatic rings. The summed E-state index contributed by atoms with van der Waals surface area (Å²) in [6.45, 7) is 0. The molecule has 0 unspecified atom stereocenters. The number of aromatic carboxylic acids is 1. The van der Waals surface area contributed by atoms with Crippen molar-refractivity contribution in [1.82, 2.24) is 9.55 Å². The molecule has 1 fully saturated rings. The highest BCUT2D eigenvalue weighted by Crippen LogP contribution is 2.37. The number of aromatic nitrogens is 2. The number of benzene rings is 1. The predicted octanol–water partition coefficient (Wildman–Crippen LogP) is 4.70. The van der Waals surface area contributed by atoms with Crippen LogP contribution in [0.4, 0.5) is 17.6 Å². The number of hydrogen-bond acceptors (Lipinski definition) is 3. The van der Waals surface area contributed by atoms with Crippen molar-refractivity contribution in [3.63, 3.8) is 0 Å². The Kier molecular flexibility index (Phi) is 4.83. The number of carboxylic acids is 1. The molecule has 0 radical (unpaired) electrons. The van der Waals surface area contributed by atoms with Crippen LogP contribution in [-0.4, -0.2) is 26.7 Å². The summed E-state index contributed by atoms with van der Waals surface area (Å²) in [5.41, 5.74) is -3.35. The Morgan fingerprint density at radius 3 is 2.54 bits per heavy atom. The van der Waals surface area contributed by atoms with E-state index in [4.69, 9.17) is 21.4 Å². The number of rotatable bonds is 4. The zero-order valence-corrected chi connectivity index (χ0v) is 13.9. The molecule has 0 aliphatic heterocycles. The molecule has 0 atom stereocenters. The summed E-state index contributed by atoms with van der Waals surface area (Å²) in [6, 6.07) is 1.86. The summed E-state index contributed by atoms with van der Waals surface area (Å²) in [6.07, 6.45) is -1.14. The molecule has 1 N–H and O–H groups in total. The van der Waals surface area contributed by atoms with Gasteiger partial charge < -0.3 is 9.84 Å². The fraction of sp³-hybridized carbons (Fsp3) is 0.375. The first-order valence-corrected chi connectivity index (χ1v) is 8.10. The highest BCUT2D eigenvalue weighted by atomic mass is 35.5. The smallest absolute Gasteiger partial charge is 0.434 e. The third-order valence-corrected chi connectivity index (χ3v) is 4.39. The molecular formula is C16H13ClF4N2O3. The molecule has 140 valence electrons. The summed E-state index contributed by atoms with van der Waals surface area (Å²) in [5.74, 6) is -2.89. The molecule has 1 aromatic heterocycles. The number of ether oxygens (including phenoxy) is 1. The minimum Gasteiger partial charge on any atom is -0.489 e. The molecule has 5 nitrogen and oxygen atoms in total. The molecule has 3 rings (SSSR count). The Hall–Kier alpha value is -2.29. The van der Waals surface area contributed by atoms with Crippen LogP contribution in [-0.2, 0) is 6.18 Å². The van der Waals surface area contributed by atoms with Crippen LogP contribution in [0.3, 0.4) is 0 Å². The second-order valence-corrected chi connectivity index (χ2v) is 6.28. The lowest BCUT2D eigenvalue weighted by Crippen LogP contribution is -2.18. The lowest BCUT2D eigenvalue weighted by molar-refractivity contribution is -0.142. The van der Waals surface area contributed by atoms with Gasteiger partial charge in [-0.3, -0.25) is 4.57 Å². The topological polar surface area (TPSA) is 64.3 Å². The van der Waals surface area contributed by atoms with E-state index in [1.165, 1.54) is 0 Å². The highest BCUT2D eigenvalue weighted by Gasteiger charge is 2.41. The molecule has 0 spiro atoms. The van der Waals surface area contributed by atoms with Gasteiger partial charge in [0.05, 0.1) is 16.8 Å². The summed E-state index contributed by atoms with van der Waals surface area (Å²) in [5, 5.41) is 8.85. The number of nitrogens with zero attached hydrogens (tertiary/aromatic N) is 2. The summed E-state index contributed by atoms with van der Waals surface area (Å²) >= 11 is 5.95. The van der Waals surface area contributed by atoms with Gasteiger partial charge in [-0.1, -0.05) is 11.6 Å². The van der Waals surface area contributed by atoms with Crippen LogP contribution >= 0.6 is 11.6 Å². The monoisotopic (exact) mass is 392 g/mol. The van der Waals surface area contributed by atoms with E-state index in [0.717, 1.165) is 37.8 Å². The summed E-state index contributed by atoms with van der Waals surface area (Å²) < 4.78 is 60.3. The van der Waals surface area contributed by atoms with E-state index >= 15 is 0 Å². The van der Waals surface area contributed by atoms with Crippen molar-refractivity contribution >= 4 is 17.6 Å². The summed E-state index contributed by atoms with van der Waals surface area (Å²) in [4.78, 5) is 14.3. The minimum atomic E-state index is -5.05. The second kappa shape index (κ2) is 6.79. The van der Waals surface area contributed by atoms with Crippen molar-refractivity contribution in [2.75, 3.05) is 0 Å². The number of carboxylic acid groups (broad SMARTS) is 1. The van der Waals surface area contributed by atoms with Crippen molar-refractivity contribution < 1.29 is 32.2 Å². The Labute approximate surface area is 150 Å². The van der Waals surface area contributed by atoms with Crippen molar-refractivity contribution in [3.8, 4) is 11.4 Å². The quantitative estimate of drug-likeness (QED) is 0.766. The molecule has 1 aliphatic carbocycles. The maximum absolute atomic E-state index is 14.3. The zero-order valence-electron chi connectivity index (χ0n) is 13.2. The van der Waals surface area contributed by atoms with E-state index in [1.807, 2.05) is 0 Å². The fourth-order valence-corrected chi connectivity index (χ4v) is 3.13. The molecule has 0 saturated heterocycles. The van der Waals surface area contributed by atoms with Crippen LogP contribution in [0.5, 0.6) is 5.75 Å². The lowest BCUT2D eigenvalue weighted by Gasteiger charge is -2.17. The third-order valence-electron chi connectivity index (χ3n) is 4.10. The largest absolute Gasteiger partial charge is 0.489 e. The van der Waals surface area contributed by atoms with Gasteiger partial charge >= 0.3 is 12.1 Å². The molecule has 1 heterocycles. The number of imidazole rings is 1. The van der Waals surface area contributed by atoms with Crippen LogP contribution in [0.1, 0.15) is 41.9 Å². The van der Waals surface area contributed by atoms with Gasteiger partial charge in [0.1, 0.15) is 17.9 Å². The molecular weight excluding hydrogens is 380 g/mol. The van der Waals surface area contributed by atoms with E-state index in [0.29, 0.717) is 10.9 Å². The van der Waals surface area contributed by atoms with Crippen molar-refractivity contribution in [1.29, 1.82) is 0 Å². The fourth-order valence-electron chi connectivity index (χ4n) is 2.94. The number of halogens is 5. The van der Waals surface area contributed by atoms with Crippen LogP contribution in [0, 0.1) is 5.82 Å².